The number of nitrogens with zero attached hydrogens (tertiary/aromatic N) is 1. The van der Waals surface area contributed by atoms with Crippen LogP contribution in [0, 0.1) is 5.82 Å². The molecule has 0 aliphatic carbocycles. The minimum atomic E-state index is -0.272. The summed E-state index contributed by atoms with van der Waals surface area (Å²) in [5, 5.41) is 3.16. The predicted molar refractivity (Wildman–Crippen MR) is 113 cm³/mol. The average molecular weight is 405 g/mol. The molecule has 2 aromatic carbocycles. The molecule has 0 saturated heterocycles. The highest BCUT2D eigenvalue weighted by atomic mass is 32.1. The highest BCUT2D eigenvalue weighted by Crippen LogP contribution is 2.28. The molecule has 0 radical (unpaired) electrons. The van der Waals surface area contributed by atoms with Crippen LogP contribution < -0.4 is 5.32 Å². The lowest BCUT2D eigenvalue weighted by molar-refractivity contribution is 0.0940. The molecule has 1 unspecified atom stereocenters. The second kappa shape index (κ2) is 8.84. The number of H-pyrrole nitrogens is 1. The number of hydrogen-bond acceptors (Lipinski definition) is 3. The molecule has 146 valence electrons. The highest BCUT2D eigenvalue weighted by molar-refractivity contribution is 7.17. The molecule has 1 amide bonds. The van der Waals surface area contributed by atoms with Gasteiger partial charge in [-0.2, -0.15) is 0 Å². The number of aromatic nitrogens is 2. The van der Waals surface area contributed by atoms with Crippen LogP contribution in [-0.2, 0) is 12.8 Å². The van der Waals surface area contributed by atoms with Gasteiger partial charge >= 0.3 is 0 Å². The van der Waals surface area contributed by atoms with Gasteiger partial charge in [-0.25, -0.2) is 9.37 Å². The van der Waals surface area contributed by atoms with Crippen molar-refractivity contribution in [2.24, 2.45) is 0 Å². The second-order valence-corrected chi connectivity index (χ2v) is 7.90. The number of amides is 1. The van der Waals surface area contributed by atoms with Crippen LogP contribution in [0.25, 0.3) is 10.4 Å². The lowest BCUT2D eigenvalue weighted by atomic mass is 10.0. The zero-order valence-electron chi connectivity index (χ0n) is 15.6. The third kappa shape index (κ3) is 4.97. The predicted octanol–water partition coefficient (Wildman–Crippen LogP) is 4.86. The smallest absolute Gasteiger partial charge is 0.261 e. The van der Waals surface area contributed by atoms with Gasteiger partial charge in [-0.1, -0.05) is 42.5 Å². The van der Waals surface area contributed by atoms with Crippen LogP contribution in [0.1, 0.15) is 20.9 Å². The summed E-state index contributed by atoms with van der Waals surface area (Å²) in [5.74, 6) is -0.380. The van der Waals surface area contributed by atoms with Crippen LogP contribution in [0.3, 0.4) is 0 Å². The first-order valence-corrected chi connectivity index (χ1v) is 10.2. The molecule has 0 saturated carbocycles. The molecule has 4 rings (SSSR count). The van der Waals surface area contributed by atoms with E-state index in [0.717, 1.165) is 28.1 Å². The number of carbonyl (C=O) groups is 1. The maximum atomic E-state index is 13.1. The number of thiophene rings is 1. The number of carbonyl (C=O) groups excluding carboxylic acids is 1. The van der Waals surface area contributed by atoms with Crippen LogP contribution >= 0.6 is 11.3 Å². The Hall–Kier alpha value is -3.25. The number of hydrogen-bond donors (Lipinski definition) is 2. The van der Waals surface area contributed by atoms with E-state index in [1.165, 1.54) is 23.5 Å². The van der Waals surface area contributed by atoms with Gasteiger partial charge in [0, 0.05) is 29.2 Å². The van der Waals surface area contributed by atoms with E-state index >= 15 is 0 Å². The minimum Gasteiger partial charge on any atom is -0.348 e. The van der Waals surface area contributed by atoms with Gasteiger partial charge in [-0.15, -0.1) is 11.3 Å². The van der Waals surface area contributed by atoms with Crippen molar-refractivity contribution in [1.29, 1.82) is 0 Å². The van der Waals surface area contributed by atoms with Crippen LogP contribution in [-0.4, -0.2) is 21.9 Å². The van der Waals surface area contributed by atoms with Crippen LogP contribution in [0.2, 0.25) is 0 Å². The van der Waals surface area contributed by atoms with Gasteiger partial charge in [0.05, 0.1) is 11.2 Å². The molecular formula is C23H20FN3OS. The molecule has 0 aliphatic rings. The Morgan fingerprint density at radius 2 is 1.83 bits per heavy atom. The summed E-state index contributed by atoms with van der Waals surface area (Å²) < 4.78 is 13.1. The molecule has 0 aliphatic heterocycles. The summed E-state index contributed by atoms with van der Waals surface area (Å²) in [6, 6.07) is 20.0. The Balaban J connectivity index is 1.49. The largest absolute Gasteiger partial charge is 0.348 e. The van der Waals surface area contributed by atoms with Crippen molar-refractivity contribution in [3.63, 3.8) is 0 Å². The van der Waals surface area contributed by atoms with Gasteiger partial charge in [0.25, 0.3) is 5.91 Å². The van der Waals surface area contributed by atoms with Crippen molar-refractivity contribution in [2.75, 3.05) is 0 Å². The van der Waals surface area contributed by atoms with Gasteiger partial charge in [0.2, 0.25) is 0 Å². The van der Waals surface area contributed by atoms with E-state index in [2.05, 4.69) is 27.4 Å². The van der Waals surface area contributed by atoms with Crippen molar-refractivity contribution < 1.29 is 9.18 Å². The maximum Gasteiger partial charge on any atom is 0.261 e. The van der Waals surface area contributed by atoms with E-state index < -0.39 is 0 Å². The lowest BCUT2D eigenvalue weighted by Gasteiger charge is -2.18. The number of rotatable bonds is 7. The van der Waals surface area contributed by atoms with Crippen LogP contribution in [0.15, 0.2) is 79.3 Å². The highest BCUT2D eigenvalue weighted by Gasteiger charge is 2.17. The van der Waals surface area contributed by atoms with Crippen molar-refractivity contribution in [3.05, 3.63) is 101 Å². The monoisotopic (exact) mass is 405 g/mol. The second-order valence-electron chi connectivity index (χ2n) is 6.81. The summed E-state index contributed by atoms with van der Waals surface area (Å²) in [4.78, 5) is 21.6. The van der Waals surface area contributed by atoms with E-state index in [-0.39, 0.29) is 17.8 Å². The summed E-state index contributed by atoms with van der Waals surface area (Å²) in [6.45, 7) is 0. The van der Waals surface area contributed by atoms with E-state index in [4.69, 9.17) is 0 Å². The normalized spacial score (nSPS) is 11.9. The molecule has 2 N–H and O–H groups in total. The quantitative estimate of drug-likeness (QED) is 0.461. The lowest BCUT2D eigenvalue weighted by Crippen LogP contribution is -2.37. The van der Waals surface area contributed by atoms with E-state index in [0.29, 0.717) is 11.3 Å². The van der Waals surface area contributed by atoms with Crippen molar-refractivity contribution in [3.8, 4) is 10.4 Å². The van der Waals surface area contributed by atoms with E-state index in [9.17, 15) is 9.18 Å². The molecule has 0 fully saturated rings. The molecule has 2 aromatic heterocycles. The Kier molecular flexibility index (Phi) is 5.81. The molecule has 1 atom stereocenters. The molecule has 4 nitrogen and oxygen atoms in total. The van der Waals surface area contributed by atoms with Gasteiger partial charge < -0.3 is 10.3 Å². The van der Waals surface area contributed by atoms with Crippen molar-refractivity contribution >= 4 is 17.2 Å². The molecule has 0 bridgehead atoms. The van der Waals surface area contributed by atoms with Crippen LogP contribution in [0.5, 0.6) is 0 Å². The van der Waals surface area contributed by atoms with E-state index in [1.54, 1.807) is 24.7 Å². The first kappa shape index (κ1) is 19.1. The maximum absolute atomic E-state index is 13.1. The van der Waals surface area contributed by atoms with Crippen LogP contribution in [0.4, 0.5) is 4.39 Å². The summed E-state index contributed by atoms with van der Waals surface area (Å²) >= 11 is 1.40. The fourth-order valence-corrected chi connectivity index (χ4v) is 4.14. The number of imidazole rings is 1. The number of aromatic amines is 1. The van der Waals surface area contributed by atoms with Gasteiger partial charge in [0.15, 0.2) is 0 Å². The number of benzene rings is 2. The summed E-state index contributed by atoms with van der Waals surface area (Å²) in [5.41, 5.74) is 3.04. The van der Waals surface area contributed by atoms with Gasteiger partial charge in [-0.3, -0.25) is 4.79 Å². The molecule has 2 heterocycles. The van der Waals surface area contributed by atoms with Crippen molar-refractivity contribution in [1.82, 2.24) is 15.3 Å². The van der Waals surface area contributed by atoms with Gasteiger partial charge in [-0.05, 0) is 41.8 Å². The SMILES string of the molecule is O=C(NC(Cc1ccccc1)Cc1cnc[nH]1)c1ccc(-c2ccc(F)cc2)s1. The Bertz CT molecular complexity index is 1060. The first-order valence-electron chi connectivity index (χ1n) is 9.35. The fraction of sp³-hybridized carbons (Fsp3) is 0.130. The Morgan fingerprint density at radius 1 is 1.03 bits per heavy atom. The number of nitrogens with one attached hydrogen (secondary N) is 2. The average Bonchev–Trinajstić information content (AvgIpc) is 3.41. The number of halogens is 1. The standard InChI is InChI=1S/C23H20FN3OS/c24-18-8-6-17(7-9-18)21-10-11-22(29-21)23(28)27-19(13-20-14-25-15-26-20)12-16-4-2-1-3-5-16/h1-11,14-15,19H,12-13H2,(H,25,26)(H,27,28). The third-order valence-corrected chi connectivity index (χ3v) is 5.77. The van der Waals surface area contributed by atoms with Crippen molar-refractivity contribution in [2.45, 2.75) is 18.9 Å². The first-order chi connectivity index (χ1) is 14.2. The molecule has 0 spiro atoms. The molecule has 4 aromatic rings. The van der Waals surface area contributed by atoms with Gasteiger partial charge in [0.1, 0.15) is 5.82 Å². The Labute approximate surface area is 172 Å². The summed E-state index contributed by atoms with van der Waals surface area (Å²) in [7, 11) is 0. The minimum absolute atomic E-state index is 0.0679. The zero-order chi connectivity index (χ0) is 20.1. The zero-order valence-corrected chi connectivity index (χ0v) is 16.5. The Morgan fingerprint density at radius 3 is 2.55 bits per heavy atom. The fourth-order valence-electron chi connectivity index (χ4n) is 3.22. The topological polar surface area (TPSA) is 57.8 Å². The molecule has 29 heavy (non-hydrogen) atoms. The van der Waals surface area contributed by atoms with E-state index in [1.807, 2.05) is 30.3 Å². The molecule has 6 heteroatoms. The molecular weight excluding hydrogens is 385 g/mol. The third-order valence-electron chi connectivity index (χ3n) is 4.64. The summed E-state index contributed by atoms with van der Waals surface area (Å²) in [6.07, 6.45) is 4.81.